The molecule has 0 fully saturated rings. The van der Waals surface area contributed by atoms with Crippen molar-refractivity contribution in [2.45, 2.75) is 25.3 Å². The van der Waals surface area contributed by atoms with Gasteiger partial charge in [-0.05, 0) is 23.1 Å². The predicted octanol–water partition coefficient (Wildman–Crippen LogP) is 5.74. The van der Waals surface area contributed by atoms with Crippen LogP contribution in [0.25, 0.3) is 0 Å². The molecule has 5 heteroatoms. The van der Waals surface area contributed by atoms with Crippen LogP contribution in [-0.4, -0.2) is 24.9 Å². The summed E-state index contributed by atoms with van der Waals surface area (Å²) < 4.78 is 24.5. The summed E-state index contributed by atoms with van der Waals surface area (Å²) in [4.78, 5) is 2.20. The van der Waals surface area contributed by atoms with Crippen molar-refractivity contribution in [3.05, 3.63) is 108 Å². The maximum atomic E-state index is 13.6. The first kappa shape index (κ1) is 21.5. The van der Waals surface area contributed by atoms with E-state index in [9.17, 15) is 4.57 Å². The molecule has 1 unspecified atom stereocenters. The molecule has 0 aromatic heterocycles. The second-order valence-electron chi connectivity index (χ2n) is 6.95. The first-order valence-corrected chi connectivity index (χ1v) is 11.3. The van der Waals surface area contributed by atoms with E-state index in [2.05, 4.69) is 29.2 Å². The monoisotopic (exact) mass is 409 g/mol. The third-order valence-electron chi connectivity index (χ3n) is 5.01. The third kappa shape index (κ3) is 5.88. The molecule has 3 aromatic carbocycles. The minimum absolute atomic E-state index is 0.416. The van der Waals surface area contributed by atoms with Crippen LogP contribution in [-0.2, 0) is 33.1 Å². The smallest absolute Gasteiger partial charge is 0.311 e. The van der Waals surface area contributed by atoms with Crippen LogP contribution >= 0.6 is 7.60 Å². The normalized spacial score (nSPS) is 12.8. The number of hydrogen-bond donors (Lipinski definition) is 0. The van der Waals surface area contributed by atoms with Crippen molar-refractivity contribution in [2.75, 3.05) is 14.2 Å². The summed E-state index contributed by atoms with van der Waals surface area (Å²) in [6, 6.07) is 30.5. The average molecular weight is 409 g/mol. The first-order valence-electron chi connectivity index (χ1n) is 9.71. The maximum absolute atomic E-state index is 13.6. The fourth-order valence-corrected chi connectivity index (χ4v) is 5.12. The lowest BCUT2D eigenvalue weighted by molar-refractivity contribution is 0.174. The van der Waals surface area contributed by atoms with Crippen molar-refractivity contribution in [2.24, 2.45) is 0 Å². The molecule has 3 aromatic rings. The Balaban J connectivity index is 1.98. The molecule has 0 saturated heterocycles. The summed E-state index contributed by atoms with van der Waals surface area (Å²) in [5.41, 5.74) is 3.40. The van der Waals surface area contributed by atoms with E-state index in [1.54, 1.807) is 0 Å². The van der Waals surface area contributed by atoms with E-state index in [0.29, 0.717) is 19.5 Å². The van der Waals surface area contributed by atoms with Crippen LogP contribution in [0.4, 0.5) is 0 Å². The molecule has 0 spiro atoms. The molecule has 0 aliphatic carbocycles. The van der Waals surface area contributed by atoms with E-state index >= 15 is 0 Å². The Bertz CT molecular complexity index is 854. The van der Waals surface area contributed by atoms with Crippen LogP contribution in [0.3, 0.4) is 0 Å². The van der Waals surface area contributed by atoms with Gasteiger partial charge in [0.05, 0.1) is 0 Å². The van der Waals surface area contributed by atoms with Gasteiger partial charge in [-0.25, -0.2) is 0 Å². The molecule has 4 nitrogen and oxygen atoms in total. The minimum Gasteiger partial charge on any atom is -0.311 e. The highest BCUT2D eigenvalue weighted by atomic mass is 31.2. The Hall–Kier alpha value is -2.23. The summed E-state index contributed by atoms with van der Waals surface area (Å²) >= 11 is 0. The van der Waals surface area contributed by atoms with Gasteiger partial charge in [0.15, 0.2) is 0 Å². The minimum atomic E-state index is -3.36. The number of rotatable bonds is 10. The zero-order valence-corrected chi connectivity index (χ0v) is 17.9. The first-order chi connectivity index (χ1) is 14.1. The zero-order chi connectivity index (χ0) is 20.5. The second-order valence-corrected chi connectivity index (χ2v) is 9.36. The molecule has 0 N–H and O–H groups in total. The Morgan fingerprint density at radius 2 is 1.07 bits per heavy atom. The van der Waals surface area contributed by atoms with Crippen molar-refractivity contribution in [1.82, 2.24) is 4.90 Å². The average Bonchev–Trinajstić information content (AvgIpc) is 2.79. The summed E-state index contributed by atoms with van der Waals surface area (Å²) in [6.45, 7) is 1.29. The Kier molecular flexibility index (Phi) is 7.79. The highest BCUT2D eigenvalue weighted by Gasteiger charge is 2.38. The molecule has 0 radical (unpaired) electrons. The van der Waals surface area contributed by atoms with Gasteiger partial charge < -0.3 is 9.05 Å². The van der Waals surface area contributed by atoms with Crippen molar-refractivity contribution in [3.8, 4) is 0 Å². The van der Waals surface area contributed by atoms with Gasteiger partial charge in [-0.2, -0.15) is 0 Å². The van der Waals surface area contributed by atoms with Gasteiger partial charge >= 0.3 is 7.60 Å². The van der Waals surface area contributed by atoms with E-state index in [1.807, 2.05) is 66.7 Å². The lowest BCUT2D eigenvalue weighted by atomic mass is 10.1. The van der Waals surface area contributed by atoms with Gasteiger partial charge in [0.2, 0.25) is 0 Å². The summed E-state index contributed by atoms with van der Waals surface area (Å²) in [5.74, 6) is -0.416. The maximum Gasteiger partial charge on any atom is 0.347 e. The molecule has 0 aliphatic heterocycles. The van der Waals surface area contributed by atoms with Crippen molar-refractivity contribution >= 4 is 7.60 Å². The largest absolute Gasteiger partial charge is 0.347 e. The van der Waals surface area contributed by atoms with Crippen LogP contribution in [0.15, 0.2) is 91.0 Å². The SMILES string of the molecule is COP(=O)(OC)C(Cc1ccccc1)N(Cc1ccccc1)Cc1ccccc1. The molecule has 0 amide bonds. The van der Waals surface area contributed by atoms with E-state index in [4.69, 9.17) is 9.05 Å². The standard InChI is InChI=1S/C24H28NO3P/c1-27-29(26,28-2)24(18-21-12-6-3-7-13-21)25(19-22-14-8-4-9-15-22)20-23-16-10-5-11-17-23/h3-17,24H,18-20H2,1-2H3. The zero-order valence-electron chi connectivity index (χ0n) is 17.0. The van der Waals surface area contributed by atoms with Crippen LogP contribution in [0.1, 0.15) is 16.7 Å². The van der Waals surface area contributed by atoms with Gasteiger partial charge in [0.1, 0.15) is 5.78 Å². The lowest BCUT2D eigenvalue weighted by Crippen LogP contribution is -2.36. The quantitative estimate of drug-likeness (QED) is 0.400. The molecule has 1 atom stereocenters. The Morgan fingerprint density at radius 1 is 0.690 bits per heavy atom. The molecule has 152 valence electrons. The highest BCUT2D eigenvalue weighted by Crippen LogP contribution is 2.54. The number of nitrogens with zero attached hydrogens (tertiary/aromatic N) is 1. The van der Waals surface area contributed by atoms with Gasteiger partial charge in [-0.15, -0.1) is 0 Å². The van der Waals surface area contributed by atoms with E-state index in [1.165, 1.54) is 14.2 Å². The molecule has 0 bridgehead atoms. The fourth-order valence-electron chi connectivity index (χ4n) is 3.49. The Labute approximate surface area is 173 Å². The van der Waals surface area contributed by atoms with E-state index in [-0.39, 0.29) is 0 Å². The molecular weight excluding hydrogens is 381 g/mol. The topological polar surface area (TPSA) is 38.8 Å². The number of hydrogen-bond acceptors (Lipinski definition) is 4. The van der Waals surface area contributed by atoms with Crippen LogP contribution in [0, 0.1) is 0 Å². The van der Waals surface area contributed by atoms with Crippen LogP contribution in [0.2, 0.25) is 0 Å². The van der Waals surface area contributed by atoms with Gasteiger partial charge in [0, 0.05) is 27.3 Å². The molecule has 3 rings (SSSR count). The van der Waals surface area contributed by atoms with Gasteiger partial charge in [-0.3, -0.25) is 9.46 Å². The molecule has 0 aliphatic rings. The molecular formula is C24H28NO3P. The number of benzene rings is 3. The summed E-state index contributed by atoms with van der Waals surface area (Å²) in [5, 5.41) is 0. The van der Waals surface area contributed by atoms with Gasteiger partial charge in [0.25, 0.3) is 0 Å². The summed E-state index contributed by atoms with van der Waals surface area (Å²) in [7, 11) is -0.433. The van der Waals surface area contributed by atoms with Crippen molar-refractivity contribution in [3.63, 3.8) is 0 Å². The molecule has 29 heavy (non-hydrogen) atoms. The predicted molar refractivity (Wildman–Crippen MR) is 118 cm³/mol. The highest BCUT2D eigenvalue weighted by molar-refractivity contribution is 7.54. The third-order valence-corrected chi connectivity index (χ3v) is 7.27. The fraction of sp³-hybridized carbons (Fsp3) is 0.250. The van der Waals surface area contributed by atoms with E-state index in [0.717, 1.165) is 16.7 Å². The second kappa shape index (κ2) is 10.5. The van der Waals surface area contributed by atoms with Crippen molar-refractivity contribution in [1.29, 1.82) is 0 Å². The van der Waals surface area contributed by atoms with Crippen molar-refractivity contribution < 1.29 is 13.6 Å². The van der Waals surface area contributed by atoms with E-state index < -0.39 is 13.4 Å². The molecule has 0 heterocycles. The molecule has 0 saturated carbocycles. The summed E-state index contributed by atoms with van der Waals surface area (Å²) in [6.07, 6.45) is 0.569. The van der Waals surface area contributed by atoms with Crippen LogP contribution in [0.5, 0.6) is 0 Å². The van der Waals surface area contributed by atoms with Crippen LogP contribution < -0.4 is 0 Å². The van der Waals surface area contributed by atoms with Gasteiger partial charge in [-0.1, -0.05) is 91.0 Å². The lowest BCUT2D eigenvalue weighted by Gasteiger charge is -2.35. The Morgan fingerprint density at radius 3 is 1.45 bits per heavy atom.